The highest BCUT2D eigenvalue weighted by Gasteiger charge is 1.97. The van der Waals surface area contributed by atoms with Crippen LogP contribution in [0.4, 0.5) is 0 Å². The summed E-state index contributed by atoms with van der Waals surface area (Å²) in [5.41, 5.74) is 3.28. The molecule has 1 aromatic carbocycles. The van der Waals surface area contributed by atoms with Gasteiger partial charge in [-0.3, -0.25) is 4.79 Å². The summed E-state index contributed by atoms with van der Waals surface area (Å²) in [6.07, 6.45) is 0.670. The third-order valence-electron chi connectivity index (χ3n) is 2.46. The standard InChI is InChI=1S/C15H12O2/c1-11-3-4-12(2)13(9-11)5-6-14-7-8-15(10-16)17-14/h3-4,7-10H,1-2H3. The Balaban J connectivity index is 2.32. The maximum absolute atomic E-state index is 10.5. The van der Waals surface area contributed by atoms with Crippen molar-refractivity contribution in [3.05, 3.63) is 58.5 Å². The second-order valence-electron chi connectivity index (χ2n) is 3.89. The molecule has 0 amide bonds. The molecule has 0 aliphatic rings. The minimum absolute atomic E-state index is 0.301. The Kier molecular flexibility index (Phi) is 3.11. The van der Waals surface area contributed by atoms with E-state index >= 15 is 0 Å². The zero-order valence-electron chi connectivity index (χ0n) is 9.78. The van der Waals surface area contributed by atoms with Gasteiger partial charge in [0, 0.05) is 5.56 Å². The van der Waals surface area contributed by atoms with E-state index in [0.717, 1.165) is 11.1 Å². The van der Waals surface area contributed by atoms with Crippen molar-refractivity contribution >= 4 is 6.29 Å². The highest BCUT2D eigenvalue weighted by molar-refractivity contribution is 5.70. The van der Waals surface area contributed by atoms with Crippen molar-refractivity contribution < 1.29 is 9.21 Å². The summed E-state index contributed by atoms with van der Waals surface area (Å²) in [5, 5.41) is 0. The molecule has 2 nitrogen and oxygen atoms in total. The Bertz CT molecular complexity index is 609. The van der Waals surface area contributed by atoms with E-state index in [9.17, 15) is 4.79 Å². The molecule has 0 spiro atoms. The van der Waals surface area contributed by atoms with Crippen LogP contribution in [0.15, 0.2) is 34.7 Å². The molecule has 0 bridgehead atoms. The maximum Gasteiger partial charge on any atom is 0.185 e. The predicted molar refractivity (Wildman–Crippen MR) is 66.0 cm³/mol. The van der Waals surface area contributed by atoms with Crippen LogP contribution in [0.2, 0.25) is 0 Å². The van der Waals surface area contributed by atoms with Gasteiger partial charge in [0.1, 0.15) is 0 Å². The van der Waals surface area contributed by atoms with Crippen molar-refractivity contribution in [2.24, 2.45) is 0 Å². The van der Waals surface area contributed by atoms with E-state index < -0.39 is 0 Å². The fourth-order valence-corrected chi connectivity index (χ4v) is 1.48. The van der Waals surface area contributed by atoms with Gasteiger partial charge in [0.2, 0.25) is 0 Å². The molecule has 0 saturated heterocycles. The van der Waals surface area contributed by atoms with Gasteiger partial charge in [-0.1, -0.05) is 18.1 Å². The van der Waals surface area contributed by atoms with E-state index in [0.29, 0.717) is 17.8 Å². The van der Waals surface area contributed by atoms with Crippen molar-refractivity contribution in [3.8, 4) is 11.8 Å². The first kappa shape index (κ1) is 11.2. The van der Waals surface area contributed by atoms with Gasteiger partial charge in [-0.15, -0.1) is 0 Å². The first-order chi connectivity index (χ1) is 8.19. The predicted octanol–water partition coefficient (Wildman–Crippen LogP) is 3.11. The zero-order chi connectivity index (χ0) is 12.3. The van der Waals surface area contributed by atoms with Crippen molar-refractivity contribution in [1.82, 2.24) is 0 Å². The van der Waals surface area contributed by atoms with Gasteiger partial charge in [0.25, 0.3) is 0 Å². The topological polar surface area (TPSA) is 30.2 Å². The van der Waals surface area contributed by atoms with Crippen LogP contribution in [0.1, 0.15) is 33.0 Å². The van der Waals surface area contributed by atoms with E-state index in [1.54, 1.807) is 12.1 Å². The fourth-order valence-electron chi connectivity index (χ4n) is 1.48. The molecule has 0 atom stereocenters. The molecule has 2 aromatic rings. The molecular weight excluding hydrogens is 212 g/mol. The number of aldehydes is 1. The lowest BCUT2D eigenvalue weighted by Gasteiger charge is -1.98. The second kappa shape index (κ2) is 4.71. The van der Waals surface area contributed by atoms with Crippen LogP contribution in [0.5, 0.6) is 0 Å². The van der Waals surface area contributed by atoms with Gasteiger partial charge in [-0.05, 0) is 49.1 Å². The van der Waals surface area contributed by atoms with Crippen molar-refractivity contribution in [3.63, 3.8) is 0 Å². The molecule has 0 unspecified atom stereocenters. The lowest BCUT2D eigenvalue weighted by atomic mass is 10.1. The van der Waals surface area contributed by atoms with Crippen LogP contribution in [-0.2, 0) is 0 Å². The number of hydrogen-bond acceptors (Lipinski definition) is 2. The van der Waals surface area contributed by atoms with Gasteiger partial charge in [0.15, 0.2) is 17.8 Å². The number of aryl methyl sites for hydroxylation is 2. The Morgan fingerprint density at radius 1 is 1.12 bits per heavy atom. The van der Waals surface area contributed by atoms with Gasteiger partial charge in [0.05, 0.1) is 0 Å². The molecule has 1 heterocycles. The van der Waals surface area contributed by atoms with Gasteiger partial charge in [-0.25, -0.2) is 0 Å². The van der Waals surface area contributed by atoms with E-state index in [-0.39, 0.29) is 0 Å². The van der Waals surface area contributed by atoms with E-state index in [2.05, 4.69) is 17.9 Å². The van der Waals surface area contributed by atoms with Crippen LogP contribution in [0.25, 0.3) is 0 Å². The number of carbonyl (C=O) groups is 1. The summed E-state index contributed by atoms with van der Waals surface area (Å²) in [5.74, 6) is 6.76. The summed E-state index contributed by atoms with van der Waals surface area (Å²) in [4.78, 5) is 10.5. The number of hydrogen-bond donors (Lipinski definition) is 0. The number of rotatable bonds is 1. The molecule has 2 heteroatoms. The monoisotopic (exact) mass is 224 g/mol. The molecule has 17 heavy (non-hydrogen) atoms. The minimum Gasteiger partial charge on any atom is -0.445 e. The first-order valence-corrected chi connectivity index (χ1v) is 5.33. The zero-order valence-corrected chi connectivity index (χ0v) is 9.78. The number of benzene rings is 1. The van der Waals surface area contributed by atoms with Crippen molar-refractivity contribution in [1.29, 1.82) is 0 Å². The maximum atomic E-state index is 10.5. The molecule has 0 N–H and O–H groups in total. The Morgan fingerprint density at radius 2 is 1.94 bits per heavy atom. The molecular formula is C15H12O2. The molecule has 0 aliphatic heterocycles. The third-order valence-corrected chi connectivity index (χ3v) is 2.46. The molecule has 84 valence electrons. The molecule has 0 aliphatic carbocycles. The lowest BCUT2D eigenvalue weighted by Crippen LogP contribution is -1.83. The van der Waals surface area contributed by atoms with Crippen LogP contribution >= 0.6 is 0 Å². The Labute approximate surface area is 100 Å². The molecule has 0 saturated carbocycles. The van der Waals surface area contributed by atoms with Gasteiger partial charge in [-0.2, -0.15) is 0 Å². The van der Waals surface area contributed by atoms with Crippen LogP contribution in [0, 0.1) is 25.7 Å². The molecule has 2 rings (SSSR count). The highest BCUT2D eigenvalue weighted by Crippen LogP contribution is 2.10. The van der Waals surface area contributed by atoms with E-state index in [1.165, 1.54) is 5.56 Å². The minimum atomic E-state index is 0.301. The summed E-state index contributed by atoms with van der Waals surface area (Å²) < 4.78 is 5.18. The first-order valence-electron chi connectivity index (χ1n) is 5.33. The van der Waals surface area contributed by atoms with Crippen molar-refractivity contribution in [2.75, 3.05) is 0 Å². The van der Waals surface area contributed by atoms with Crippen LogP contribution in [-0.4, -0.2) is 6.29 Å². The Hall–Kier alpha value is -2.27. The lowest BCUT2D eigenvalue weighted by molar-refractivity contribution is 0.110. The summed E-state index contributed by atoms with van der Waals surface area (Å²) >= 11 is 0. The van der Waals surface area contributed by atoms with Gasteiger partial charge < -0.3 is 4.42 Å². The highest BCUT2D eigenvalue weighted by atomic mass is 16.3. The van der Waals surface area contributed by atoms with Gasteiger partial charge >= 0.3 is 0 Å². The van der Waals surface area contributed by atoms with Crippen LogP contribution < -0.4 is 0 Å². The van der Waals surface area contributed by atoms with E-state index in [1.807, 2.05) is 26.0 Å². The summed E-state index contributed by atoms with van der Waals surface area (Å²) in [6, 6.07) is 9.43. The van der Waals surface area contributed by atoms with Crippen molar-refractivity contribution in [2.45, 2.75) is 13.8 Å². The largest absolute Gasteiger partial charge is 0.445 e. The summed E-state index contributed by atoms with van der Waals surface area (Å²) in [7, 11) is 0. The quantitative estimate of drug-likeness (QED) is 0.550. The SMILES string of the molecule is Cc1ccc(C)c(C#Cc2ccc(C=O)o2)c1. The molecule has 0 radical (unpaired) electrons. The fraction of sp³-hybridized carbons (Fsp3) is 0.133. The average Bonchev–Trinajstić information content (AvgIpc) is 2.78. The summed E-state index contributed by atoms with van der Waals surface area (Å²) in [6.45, 7) is 4.05. The molecule has 1 aromatic heterocycles. The number of furan rings is 1. The smallest absolute Gasteiger partial charge is 0.185 e. The Morgan fingerprint density at radius 3 is 2.65 bits per heavy atom. The average molecular weight is 224 g/mol. The molecule has 0 fully saturated rings. The van der Waals surface area contributed by atoms with E-state index in [4.69, 9.17) is 4.42 Å². The third kappa shape index (κ3) is 2.64. The second-order valence-corrected chi connectivity index (χ2v) is 3.89. The van der Waals surface area contributed by atoms with Crippen LogP contribution in [0.3, 0.4) is 0 Å². The normalized spacial score (nSPS) is 9.53. The number of carbonyl (C=O) groups excluding carboxylic acids is 1.